The van der Waals surface area contributed by atoms with Gasteiger partial charge in [-0.15, -0.1) is 12.3 Å². The van der Waals surface area contributed by atoms with E-state index in [0.29, 0.717) is 19.4 Å². The fraction of sp³-hybridized carbons (Fsp3) is 0.318. The van der Waals surface area contributed by atoms with Gasteiger partial charge in [-0.05, 0) is 12.5 Å². The van der Waals surface area contributed by atoms with Gasteiger partial charge >= 0.3 is 0 Å². The predicted octanol–water partition coefficient (Wildman–Crippen LogP) is 1.67. The van der Waals surface area contributed by atoms with Crippen molar-refractivity contribution in [2.45, 2.75) is 25.6 Å². The predicted molar refractivity (Wildman–Crippen MR) is 115 cm³/mol. The monoisotopic (exact) mass is 458 g/mol. The van der Waals surface area contributed by atoms with Crippen LogP contribution in [0.1, 0.15) is 39.3 Å². The van der Waals surface area contributed by atoms with Crippen LogP contribution in [-0.2, 0) is 6.54 Å². The second kappa shape index (κ2) is 8.20. The van der Waals surface area contributed by atoms with E-state index >= 15 is 0 Å². The molecule has 1 aromatic carbocycles. The van der Waals surface area contributed by atoms with Gasteiger partial charge in [0.05, 0.1) is 5.02 Å². The Balaban J connectivity index is 1.69. The second-order valence-electron chi connectivity index (χ2n) is 7.76. The number of piperidine rings is 1. The van der Waals surface area contributed by atoms with E-state index in [2.05, 4.69) is 11.2 Å². The number of aromatic nitrogens is 1. The zero-order valence-corrected chi connectivity index (χ0v) is 17.9. The molecule has 2 aliphatic heterocycles. The number of hydrogen-bond donors (Lipinski definition) is 2. The summed E-state index contributed by atoms with van der Waals surface area (Å²) < 4.78 is 15.4. The van der Waals surface area contributed by atoms with E-state index in [1.54, 1.807) is 12.1 Å². The summed E-state index contributed by atoms with van der Waals surface area (Å²) in [5.41, 5.74) is -1.44. The molecule has 32 heavy (non-hydrogen) atoms. The van der Waals surface area contributed by atoms with E-state index in [1.165, 1.54) is 34.0 Å². The summed E-state index contributed by atoms with van der Waals surface area (Å²) >= 11 is 5.75. The standard InChI is InChI=1S/C22H20ClFN4O4/c1-3-12-7-8-27-16(9-12)26(2)22(32)18-20(30)19(29)14(11-28(18)27)21(31)25-10-13-5-4-6-15(23)17(13)24/h1,4-6,11-12,16,30H,7-10H2,2H3,(H,25,31)/t12-,16+/m1/s1. The van der Waals surface area contributed by atoms with E-state index in [4.69, 9.17) is 18.0 Å². The molecule has 0 spiro atoms. The van der Waals surface area contributed by atoms with E-state index in [0.717, 1.165) is 0 Å². The van der Waals surface area contributed by atoms with Crippen LogP contribution in [0.2, 0.25) is 5.02 Å². The number of hydrogen-bond acceptors (Lipinski definition) is 5. The molecule has 1 fully saturated rings. The molecular formula is C22H20ClFN4O4. The largest absolute Gasteiger partial charge is 0.502 e. The molecule has 8 nitrogen and oxygen atoms in total. The van der Waals surface area contributed by atoms with Gasteiger partial charge in [0, 0.05) is 44.2 Å². The summed E-state index contributed by atoms with van der Waals surface area (Å²) in [4.78, 5) is 39.7. The first-order valence-electron chi connectivity index (χ1n) is 9.94. The van der Waals surface area contributed by atoms with Gasteiger partial charge in [0.15, 0.2) is 11.4 Å². The van der Waals surface area contributed by atoms with Crippen molar-refractivity contribution in [1.82, 2.24) is 14.9 Å². The van der Waals surface area contributed by atoms with Crippen LogP contribution >= 0.6 is 11.6 Å². The minimum atomic E-state index is -0.987. The van der Waals surface area contributed by atoms with Crippen molar-refractivity contribution >= 4 is 23.4 Å². The Morgan fingerprint density at radius 1 is 1.41 bits per heavy atom. The Labute approximate surface area is 188 Å². The van der Waals surface area contributed by atoms with Crippen LogP contribution in [0.15, 0.2) is 29.2 Å². The molecule has 2 aromatic rings. The van der Waals surface area contributed by atoms with E-state index < -0.39 is 28.8 Å². The number of nitrogens with one attached hydrogen (secondary N) is 1. The lowest BCUT2D eigenvalue weighted by molar-refractivity contribution is 0.0570. The van der Waals surface area contributed by atoms with Crippen LogP contribution in [0, 0.1) is 24.1 Å². The molecule has 10 heteroatoms. The number of halogens is 2. The van der Waals surface area contributed by atoms with Gasteiger partial charge < -0.3 is 15.3 Å². The minimum Gasteiger partial charge on any atom is -0.502 e. The molecule has 1 saturated heterocycles. The molecule has 2 atom stereocenters. The number of fused-ring (bicyclic) bond motifs is 3. The number of carbonyl (C=O) groups excluding carboxylic acids is 2. The van der Waals surface area contributed by atoms with Crippen molar-refractivity contribution < 1.29 is 19.1 Å². The lowest BCUT2D eigenvalue weighted by Gasteiger charge is -2.48. The number of pyridine rings is 1. The molecule has 3 heterocycles. The number of amides is 2. The highest BCUT2D eigenvalue weighted by Crippen LogP contribution is 2.30. The van der Waals surface area contributed by atoms with Crippen LogP contribution in [0.3, 0.4) is 0 Å². The third-order valence-electron chi connectivity index (χ3n) is 5.91. The zero-order valence-electron chi connectivity index (χ0n) is 17.1. The Hall–Kier alpha value is -3.51. The van der Waals surface area contributed by atoms with Crippen molar-refractivity contribution in [2.24, 2.45) is 5.92 Å². The van der Waals surface area contributed by atoms with Crippen molar-refractivity contribution in [1.29, 1.82) is 0 Å². The summed E-state index contributed by atoms with van der Waals surface area (Å²) in [5, 5.41) is 14.7. The van der Waals surface area contributed by atoms with Gasteiger partial charge in [0.1, 0.15) is 17.5 Å². The lowest BCUT2D eigenvalue weighted by atomic mass is 9.94. The summed E-state index contributed by atoms with van der Waals surface area (Å²) in [5.74, 6) is -0.167. The first-order valence-corrected chi connectivity index (χ1v) is 10.3. The Morgan fingerprint density at radius 2 is 2.16 bits per heavy atom. The first kappa shape index (κ1) is 21.7. The Bertz CT molecular complexity index is 1220. The summed E-state index contributed by atoms with van der Waals surface area (Å²) in [6, 6.07) is 4.37. The highest BCUT2D eigenvalue weighted by atomic mass is 35.5. The summed E-state index contributed by atoms with van der Waals surface area (Å²) in [6.45, 7) is 0.242. The fourth-order valence-corrected chi connectivity index (χ4v) is 4.30. The third-order valence-corrected chi connectivity index (χ3v) is 6.20. The van der Waals surface area contributed by atoms with Crippen molar-refractivity contribution in [3.63, 3.8) is 0 Å². The summed E-state index contributed by atoms with van der Waals surface area (Å²) in [6.07, 6.45) is 7.57. The highest BCUT2D eigenvalue weighted by molar-refractivity contribution is 6.30. The number of benzene rings is 1. The van der Waals surface area contributed by atoms with E-state index in [-0.39, 0.29) is 40.5 Å². The first-order chi connectivity index (χ1) is 15.2. The molecule has 1 aromatic heterocycles. The molecule has 0 saturated carbocycles. The van der Waals surface area contributed by atoms with Gasteiger partial charge in [-0.1, -0.05) is 23.7 Å². The van der Waals surface area contributed by atoms with Crippen LogP contribution < -0.4 is 15.8 Å². The van der Waals surface area contributed by atoms with Crippen LogP contribution in [-0.4, -0.2) is 46.3 Å². The normalized spacial score (nSPS) is 19.8. The maximum Gasteiger partial charge on any atom is 0.277 e. The number of rotatable bonds is 3. The van der Waals surface area contributed by atoms with Crippen LogP contribution in [0.4, 0.5) is 4.39 Å². The minimum absolute atomic E-state index is 0.0172. The maximum atomic E-state index is 14.1. The Kier molecular flexibility index (Phi) is 5.57. The second-order valence-corrected chi connectivity index (χ2v) is 8.16. The van der Waals surface area contributed by atoms with Crippen molar-refractivity contribution in [2.75, 3.05) is 18.6 Å². The van der Waals surface area contributed by atoms with Gasteiger partial charge in [-0.25, -0.2) is 4.39 Å². The van der Waals surface area contributed by atoms with Gasteiger partial charge in [-0.2, -0.15) is 0 Å². The van der Waals surface area contributed by atoms with E-state index in [1.807, 2.05) is 0 Å². The van der Waals surface area contributed by atoms with Crippen molar-refractivity contribution in [3.05, 3.63) is 62.3 Å². The quantitative estimate of drug-likeness (QED) is 0.682. The van der Waals surface area contributed by atoms with Gasteiger partial charge in [0.25, 0.3) is 11.8 Å². The molecule has 2 aliphatic rings. The molecule has 0 aliphatic carbocycles. The highest BCUT2D eigenvalue weighted by Gasteiger charge is 2.41. The number of carbonyl (C=O) groups is 2. The number of aromatic hydroxyl groups is 1. The average molecular weight is 459 g/mol. The molecular weight excluding hydrogens is 439 g/mol. The zero-order chi connectivity index (χ0) is 23.2. The molecule has 166 valence electrons. The lowest BCUT2D eigenvalue weighted by Crippen LogP contribution is -2.63. The van der Waals surface area contributed by atoms with Gasteiger partial charge in [0.2, 0.25) is 5.43 Å². The van der Waals surface area contributed by atoms with Crippen LogP contribution in [0.5, 0.6) is 5.75 Å². The SMILES string of the molecule is C#C[C@@H]1CCN2[C@@H](C1)N(C)C(=O)c1c(O)c(=O)c(C(=O)NCc3cccc(Cl)c3F)cn12. The molecule has 0 radical (unpaired) electrons. The summed E-state index contributed by atoms with van der Waals surface area (Å²) in [7, 11) is 1.58. The van der Waals surface area contributed by atoms with E-state index in [9.17, 15) is 23.9 Å². The van der Waals surface area contributed by atoms with Crippen LogP contribution in [0.25, 0.3) is 0 Å². The smallest absolute Gasteiger partial charge is 0.277 e. The molecule has 0 bridgehead atoms. The fourth-order valence-electron chi connectivity index (χ4n) is 4.10. The average Bonchev–Trinajstić information content (AvgIpc) is 2.79. The molecule has 2 N–H and O–H groups in total. The maximum absolute atomic E-state index is 14.1. The number of terminal acetylenes is 1. The van der Waals surface area contributed by atoms with Crippen molar-refractivity contribution in [3.8, 4) is 18.1 Å². The third kappa shape index (κ3) is 3.46. The molecule has 0 unspecified atom stereocenters. The number of nitrogens with zero attached hydrogens (tertiary/aromatic N) is 3. The molecule has 2 amide bonds. The topological polar surface area (TPSA) is 94.9 Å². The Morgan fingerprint density at radius 3 is 2.88 bits per heavy atom. The molecule has 4 rings (SSSR count). The van der Waals surface area contributed by atoms with Gasteiger partial charge in [-0.3, -0.25) is 24.1 Å².